The molecular weight excluding hydrogens is 506 g/mol. The van der Waals surface area contributed by atoms with Crippen molar-refractivity contribution >= 4 is 40.7 Å². The molecule has 2 unspecified atom stereocenters. The summed E-state index contributed by atoms with van der Waals surface area (Å²) in [7, 11) is 0. The van der Waals surface area contributed by atoms with Gasteiger partial charge in [-0.15, -0.1) is 11.6 Å². The van der Waals surface area contributed by atoms with Crippen molar-refractivity contribution in [1.82, 2.24) is 20.1 Å². The first kappa shape index (κ1) is 26.0. The van der Waals surface area contributed by atoms with E-state index in [1.54, 1.807) is 17.0 Å². The van der Waals surface area contributed by atoms with Gasteiger partial charge in [0.25, 0.3) is 0 Å². The number of alkyl halides is 4. The van der Waals surface area contributed by atoms with Crippen molar-refractivity contribution in [2.24, 2.45) is 5.10 Å². The Morgan fingerprint density at radius 3 is 2.23 bits per heavy atom. The van der Waals surface area contributed by atoms with Gasteiger partial charge in [-0.25, -0.2) is 0 Å². The summed E-state index contributed by atoms with van der Waals surface area (Å²) < 4.78 is 39.5. The monoisotopic (exact) mass is 533 g/mol. The Morgan fingerprint density at radius 2 is 1.69 bits per heavy atom. The zero-order valence-electron chi connectivity index (χ0n) is 19.3. The van der Waals surface area contributed by atoms with E-state index in [0.717, 1.165) is 23.7 Å². The van der Waals surface area contributed by atoms with Crippen LogP contribution in [0.25, 0.3) is 0 Å². The molecule has 3 heterocycles. The van der Waals surface area contributed by atoms with Crippen molar-refractivity contribution in [2.45, 2.75) is 42.8 Å². The Kier molecular flexibility index (Phi) is 7.54. The lowest BCUT2D eigenvalue weighted by Gasteiger charge is -2.44. The van der Waals surface area contributed by atoms with Gasteiger partial charge >= 0.3 is 6.18 Å². The molecular formula is C23H28Cl2F3N5O2. The van der Waals surface area contributed by atoms with E-state index < -0.39 is 28.7 Å². The van der Waals surface area contributed by atoms with Crippen LogP contribution in [0.4, 0.5) is 13.2 Å². The quantitative estimate of drug-likeness (QED) is 0.604. The molecule has 2 saturated heterocycles. The van der Waals surface area contributed by atoms with E-state index in [2.05, 4.69) is 10.4 Å². The molecule has 1 aromatic carbocycles. The second-order valence-electron chi connectivity index (χ2n) is 9.23. The molecule has 35 heavy (non-hydrogen) atoms. The van der Waals surface area contributed by atoms with E-state index in [1.165, 1.54) is 6.92 Å². The first-order chi connectivity index (χ1) is 16.5. The topological polar surface area (TPSA) is 68.2 Å². The molecule has 1 aromatic rings. The molecule has 2 atom stereocenters. The number of hydrogen-bond acceptors (Lipinski definition) is 5. The fraction of sp³-hybridized carbons (Fsp3) is 0.609. The van der Waals surface area contributed by atoms with E-state index in [1.807, 2.05) is 17.0 Å². The molecule has 7 nitrogen and oxygen atoms in total. The van der Waals surface area contributed by atoms with Gasteiger partial charge < -0.3 is 15.1 Å². The third-order valence-corrected chi connectivity index (χ3v) is 7.98. The second-order valence-corrected chi connectivity index (χ2v) is 10.1. The lowest BCUT2D eigenvalue weighted by Crippen LogP contribution is -2.57. The number of halogens is 5. The summed E-state index contributed by atoms with van der Waals surface area (Å²) >= 11 is 12.0. The van der Waals surface area contributed by atoms with Gasteiger partial charge in [0.2, 0.25) is 11.8 Å². The molecule has 0 aliphatic carbocycles. The molecule has 192 valence electrons. The minimum absolute atomic E-state index is 0.0333. The van der Waals surface area contributed by atoms with Crippen LogP contribution in [0.3, 0.4) is 0 Å². The summed E-state index contributed by atoms with van der Waals surface area (Å²) in [5.74, 6) is -0.307. The lowest BCUT2D eigenvalue weighted by atomic mass is 9.71. The number of rotatable bonds is 4. The van der Waals surface area contributed by atoms with Crippen LogP contribution >= 0.6 is 23.2 Å². The fourth-order valence-electron chi connectivity index (χ4n) is 5.00. The highest BCUT2D eigenvalue weighted by Gasteiger charge is 2.49. The number of nitrogens with one attached hydrogen (secondary N) is 1. The number of piperazine rings is 1. The van der Waals surface area contributed by atoms with Crippen molar-refractivity contribution in [2.75, 3.05) is 45.8 Å². The Labute approximate surface area is 212 Å². The molecule has 0 aromatic heterocycles. The van der Waals surface area contributed by atoms with Crippen molar-refractivity contribution < 1.29 is 22.8 Å². The van der Waals surface area contributed by atoms with Gasteiger partial charge in [0.15, 0.2) is 5.71 Å². The molecule has 0 bridgehead atoms. The van der Waals surface area contributed by atoms with Crippen molar-refractivity contribution in [3.05, 3.63) is 34.9 Å². The maximum Gasteiger partial charge on any atom is 0.432 e. The molecule has 0 radical (unpaired) electrons. The smallest absolute Gasteiger partial charge is 0.341 e. The third kappa shape index (κ3) is 5.24. The van der Waals surface area contributed by atoms with Crippen LogP contribution in [-0.4, -0.2) is 95.7 Å². The predicted molar refractivity (Wildman–Crippen MR) is 128 cm³/mol. The number of benzene rings is 1. The van der Waals surface area contributed by atoms with Gasteiger partial charge in [0, 0.05) is 44.3 Å². The van der Waals surface area contributed by atoms with Crippen LogP contribution in [-0.2, 0) is 15.0 Å². The maximum atomic E-state index is 13.7. The normalized spacial score (nSPS) is 25.0. The van der Waals surface area contributed by atoms with E-state index in [4.69, 9.17) is 23.2 Å². The van der Waals surface area contributed by atoms with Crippen molar-refractivity contribution in [3.8, 4) is 0 Å². The number of hydrogen-bond donors (Lipinski definition) is 1. The van der Waals surface area contributed by atoms with Crippen molar-refractivity contribution in [1.29, 1.82) is 0 Å². The van der Waals surface area contributed by atoms with Crippen LogP contribution < -0.4 is 5.32 Å². The summed E-state index contributed by atoms with van der Waals surface area (Å²) in [5, 5.41) is 7.19. The molecule has 3 aliphatic heterocycles. The Bertz CT molecular complexity index is 974. The van der Waals surface area contributed by atoms with E-state index in [0.29, 0.717) is 44.0 Å². The molecule has 2 fully saturated rings. The average Bonchev–Trinajstić information content (AvgIpc) is 3.13. The number of piperidine rings is 1. The third-order valence-electron chi connectivity index (χ3n) is 7.16. The van der Waals surface area contributed by atoms with E-state index >= 15 is 0 Å². The van der Waals surface area contributed by atoms with E-state index in [9.17, 15) is 22.8 Å². The molecule has 1 N–H and O–H groups in total. The zero-order valence-corrected chi connectivity index (χ0v) is 20.8. The fourth-order valence-corrected chi connectivity index (χ4v) is 5.42. The molecule has 4 rings (SSSR count). The van der Waals surface area contributed by atoms with Crippen LogP contribution in [0, 0.1) is 0 Å². The van der Waals surface area contributed by atoms with Gasteiger partial charge in [0.1, 0.15) is 11.9 Å². The maximum absolute atomic E-state index is 13.7. The Balaban J connectivity index is 1.48. The first-order valence-electron chi connectivity index (χ1n) is 11.6. The first-order valence-corrected chi connectivity index (χ1v) is 12.4. The number of carbonyl (C=O) groups is 2. The zero-order chi connectivity index (χ0) is 25.4. The van der Waals surface area contributed by atoms with Gasteiger partial charge in [0.05, 0.1) is 11.5 Å². The number of hydrazone groups is 1. The van der Waals surface area contributed by atoms with Crippen molar-refractivity contribution in [3.63, 3.8) is 0 Å². The standard InChI is InChI=1S/C23H28Cl2F3N5O2/c1-15-19(25)20(23(26,27)28)30-33(15)14-18(34)31-10-6-22(7-11-31,16-2-4-17(24)5-3-16)21(35)32-12-8-29-9-13-32/h2-5,15,19,29H,6-14H2,1H3. The second kappa shape index (κ2) is 10.1. The molecule has 0 saturated carbocycles. The number of nitrogens with zero attached hydrogens (tertiary/aromatic N) is 4. The summed E-state index contributed by atoms with van der Waals surface area (Å²) in [6, 6.07) is 6.48. The minimum Gasteiger partial charge on any atom is -0.341 e. The highest BCUT2D eigenvalue weighted by molar-refractivity contribution is 6.34. The lowest BCUT2D eigenvalue weighted by molar-refractivity contribution is -0.144. The summed E-state index contributed by atoms with van der Waals surface area (Å²) in [6.07, 6.45) is -3.83. The summed E-state index contributed by atoms with van der Waals surface area (Å²) in [6.45, 7) is 4.51. The summed E-state index contributed by atoms with van der Waals surface area (Å²) in [5.41, 5.74) is -1.01. The van der Waals surface area contributed by atoms with Gasteiger partial charge in [-0.1, -0.05) is 23.7 Å². The molecule has 3 aliphatic rings. The van der Waals surface area contributed by atoms with E-state index in [-0.39, 0.29) is 18.4 Å². The molecule has 12 heteroatoms. The Morgan fingerprint density at radius 1 is 1.09 bits per heavy atom. The number of carbonyl (C=O) groups excluding carboxylic acids is 2. The highest BCUT2D eigenvalue weighted by Crippen LogP contribution is 2.38. The Hall–Kier alpha value is -2.04. The van der Waals surface area contributed by atoms with Crippen LogP contribution in [0.1, 0.15) is 25.3 Å². The van der Waals surface area contributed by atoms with Gasteiger partial charge in [-0.05, 0) is 37.5 Å². The highest BCUT2D eigenvalue weighted by atomic mass is 35.5. The predicted octanol–water partition coefficient (Wildman–Crippen LogP) is 2.86. The number of amides is 2. The molecule has 2 amide bonds. The van der Waals surface area contributed by atoms with Crippen LogP contribution in [0.5, 0.6) is 0 Å². The largest absolute Gasteiger partial charge is 0.432 e. The average molecular weight is 534 g/mol. The van der Waals surface area contributed by atoms with Gasteiger partial charge in [-0.3, -0.25) is 14.6 Å². The van der Waals surface area contributed by atoms with Crippen LogP contribution in [0.2, 0.25) is 5.02 Å². The molecule has 0 spiro atoms. The summed E-state index contributed by atoms with van der Waals surface area (Å²) in [4.78, 5) is 30.2. The van der Waals surface area contributed by atoms with Crippen LogP contribution in [0.15, 0.2) is 29.4 Å². The number of likely N-dealkylation sites (tertiary alicyclic amines) is 1. The minimum atomic E-state index is -4.65. The van der Waals surface area contributed by atoms with Gasteiger partial charge in [-0.2, -0.15) is 18.3 Å². The SMILES string of the molecule is CC1C(Cl)C(C(F)(F)F)=NN1CC(=O)N1CCC(C(=O)N2CCNCC2)(c2ccc(Cl)cc2)CC1.